The lowest BCUT2D eigenvalue weighted by Crippen LogP contribution is -2.57. The van der Waals surface area contributed by atoms with E-state index in [1.54, 1.807) is 78.9 Å². The molecule has 1 saturated heterocycles. The monoisotopic (exact) mass is 929 g/mol. The van der Waals surface area contributed by atoms with Crippen molar-refractivity contribution in [2.45, 2.75) is 104 Å². The van der Waals surface area contributed by atoms with Gasteiger partial charge in [-0.3, -0.25) is 19.2 Å². The van der Waals surface area contributed by atoms with E-state index in [-0.39, 0.29) is 54.5 Å². The Morgan fingerprint density at radius 1 is 0.881 bits per heavy atom. The summed E-state index contributed by atoms with van der Waals surface area (Å²) in [5, 5.41) is 46.3. The van der Waals surface area contributed by atoms with Crippen LogP contribution in [-0.2, 0) is 14.4 Å². The zero-order chi connectivity index (χ0) is 48.3. The van der Waals surface area contributed by atoms with Crippen molar-refractivity contribution in [1.82, 2.24) is 20.4 Å². The normalized spacial score (nSPS) is 15.8. The topological polar surface area (TPSA) is 193 Å². The second kappa shape index (κ2) is 23.0. The van der Waals surface area contributed by atoms with E-state index in [1.165, 1.54) is 16.2 Å². The Kier molecular flexibility index (Phi) is 17.2. The summed E-state index contributed by atoms with van der Waals surface area (Å²) in [6.45, 7) is 12.6. The number of aromatic hydroxyl groups is 2. The number of amides is 3. The first kappa shape index (κ1) is 50.1. The minimum Gasteiger partial charge on any atom is -0.508 e. The molecule has 5 aromatic rings. The number of ether oxygens (including phenoxy) is 1. The van der Waals surface area contributed by atoms with Gasteiger partial charge in [0.05, 0.1) is 23.8 Å². The average molecular weight is 930 g/mol. The smallest absolute Gasteiger partial charge is 0.246 e. The molecule has 3 amide bonds. The number of hydrogen-bond acceptors (Lipinski definition) is 11. The van der Waals surface area contributed by atoms with E-state index in [2.05, 4.69) is 28.5 Å². The summed E-state index contributed by atoms with van der Waals surface area (Å²) < 4.78 is 6.87. The number of carbonyl (C=O) groups excluding carboxylic acids is 4. The minimum atomic E-state index is -0.885. The molecule has 1 fully saturated rings. The summed E-state index contributed by atoms with van der Waals surface area (Å²) in [6.07, 6.45) is 4.05. The van der Waals surface area contributed by atoms with Crippen LogP contribution in [0.2, 0.25) is 0 Å². The Morgan fingerprint density at radius 2 is 1.55 bits per heavy atom. The van der Waals surface area contributed by atoms with Crippen LogP contribution in [-0.4, -0.2) is 99.6 Å². The van der Waals surface area contributed by atoms with E-state index in [0.29, 0.717) is 35.5 Å². The molecule has 1 aromatic heterocycles. The van der Waals surface area contributed by atoms with Crippen LogP contribution in [0.25, 0.3) is 20.5 Å². The molecule has 0 radical (unpaired) electrons. The molecule has 13 nitrogen and oxygen atoms in total. The highest BCUT2D eigenvalue weighted by atomic mass is 32.1. The van der Waals surface area contributed by atoms with Crippen LogP contribution in [0.5, 0.6) is 17.2 Å². The number of nitrogens with one attached hydrogen (secondary N) is 2. The molecule has 0 bridgehead atoms. The zero-order valence-electron chi connectivity index (χ0n) is 39.1. The molecule has 0 spiro atoms. The molecular formula is C53H63N5O8S. The van der Waals surface area contributed by atoms with Crippen LogP contribution >= 0.6 is 11.3 Å². The highest BCUT2D eigenvalue weighted by Crippen LogP contribution is 2.41. The van der Waals surface area contributed by atoms with Crippen molar-refractivity contribution in [3.63, 3.8) is 0 Å². The van der Waals surface area contributed by atoms with E-state index >= 15 is 0 Å². The molecular weight excluding hydrogens is 867 g/mol. The SMILES string of the molecule is CCN(CCCCCCCC(=O)NC(C(=O)N1CC(O)CC1C(=O)NC(C)c1ccc(C#N)cc1)C(C)(C)C)CCOc1ccc(C(=O)c2c(-c3ccc(O)cc3)sc3cc(O)ccc23)cc1. The Labute approximate surface area is 397 Å². The van der Waals surface area contributed by atoms with E-state index in [1.807, 2.05) is 39.8 Å². The van der Waals surface area contributed by atoms with Crippen LogP contribution in [0.15, 0.2) is 91.0 Å². The van der Waals surface area contributed by atoms with Gasteiger partial charge in [-0.1, -0.05) is 59.1 Å². The fraction of sp³-hybridized carbons (Fsp3) is 0.415. The molecule has 1 aliphatic rings. The first-order chi connectivity index (χ1) is 32.1. The molecule has 4 atom stereocenters. The van der Waals surface area contributed by atoms with Gasteiger partial charge in [-0.05, 0) is 128 Å². The van der Waals surface area contributed by atoms with Gasteiger partial charge in [0.25, 0.3) is 0 Å². The molecule has 67 heavy (non-hydrogen) atoms. The van der Waals surface area contributed by atoms with Gasteiger partial charge in [-0.25, -0.2) is 0 Å². The molecule has 4 unspecified atom stereocenters. The van der Waals surface area contributed by atoms with Crippen molar-refractivity contribution < 1.29 is 39.2 Å². The molecule has 5 N–H and O–H groups in total. The van der Waals surface area contributed by atoms with Crippen molar-refractivity contribution in [3.8, 4) is 33.8 Å². The number of aliphatic hydroxyl groups excluding tert-OH is 1. The van der Waals surface area contributed by atoms with Gasteiger partial charge in [-0.15, -0.1) is 11.3 Å². The quantitative estimate of drug-likeness (QED) is 0.0352. The molecule has 0 aliphatic carbocycles. The fourth-order valence-corrected chi connectivity index (χ4v) is 9.68. The van der Waals surface area contributed by atoms with Crippen molar-refractivity contribution in [2.75, 3.05) is 32.8 Å². The largest absolute Gasteiger partial charge is 0.508 e. The number of nitriles is 1. The second-order valence-electron chi connectivity index (χ2n) is 18.4. The summed E-state index contributed by atoms with van der Waals surface area (Å²) in [4.78, 5) is 59.1. The molecule has 6 rings (SSSR count). The maximum atomic E-state index is 14.0. The highest BCUT2D eigenvalue weighted by molar-refractivity contribution is 7.22. The third-order valence-electron chi connectivity index (χ3n) is 12.3. The van der Waals surface area contributed by atoms with Crippen LogP contribution < -0.4 is 15.4 Å². The number of likely N-dealkylation sites (tertiary alicyclic amines) is 1. The third kappa shape index (κ3) is 13.2. The lowest BCUT2D eigenvalue weighted by atomic mass is 9.85. The first-order valence-electron chi connectivity index (χ1n) is 23.2. The van der Waals surface area contributed by atoms with Gasteiger partial charge in [-0.2, -0.15) is 5.26 Å². The average Bonchev–Trinajstić information content (AvgIpc) is 3.90. The highest BCUT2D eigenvalue weighted by Gasteiger charge is 2.44. The number of unbranched alkanes of at least 4 members (excludes halogenated alkanes) is 4. The summed E-state index contributed by atoms with van der Waals surface area (Å²) in [7, 11) is 0. The van der Waals surface area contributed by atoms with Gasteiger partial charge < -0.3 is 40.5 Å². The lowest BCUT2D eigenvalue weighted by molar-refractivity contribution is -0.144. The zero-order valence-corrected chi connectivity index (χ0v) is 39.9. The number of rotatable bonds is 21. The maximum absolute atomic E-state index is 14.0. The standard InChI is InChI=1S/C53H63N5O8S/c1-6-57(28-29-66-42-24-19-37(20-25-42)48(63)47-43-26-23-40(60)31-45(43)67-49(47)38-17-21-39(59)22-18-38)27-11-9-7-8-10-12-46(62)56-50(53(3,4)5)52(65)58-33-41(61)30-44(58)51(64)55-34(2)36-15-13-35(32-54)14-16-36/h13-26,31,34,41,44,50,59-61H,6-12,27-30,33H2,1-5H3,(H,55,64)(H,56,62). The van der Waals surface area contributed by atoms with E-state index in [0.717, 1.165) is 71.4 Å². The van der Waals surface area contributed by atoms with Crippen molar-refractivity contribution >= 4 is 44.9 Å². The molecule has 14 heteroatoms. The van der Waals surface area contributed by atoms with Gasteiger partial charge in [0, 0.05) is 52.0 Å². The number of ketones is 1. The summed E-state index contributed by atoms with van der Waals surface area (Å²) >= 11 is 1.42. The Bertz CT molecular complexity index is 2530. The molecule has 4 aromatic carbocycles. The molecule has 0 saturated carbocycles. The number of fused-ring (bicyclic) bond motifs is 1. The lowest BCUT2D eigenvalue weighted by Gasteiger charge is -2.35. The second-order valence-corrected chi connectivity index (χ2v) is 19.5. The number of nitrogens with zero attached hydrogens (tertiary/aromatic N) is 3. The predicted molar refractivity (Wildman–Crippen MR) is 261 cm³/mol. The number of phenols is 2. The predicted octanol–water partition coefficient (Wildman–Crippen LogP) is 8.49. The minimum absolute atomic E-state index is 0.000703. The number of carbonyl (C=O) groups is 4. The summed E-state index contributed by atoms with van der Waals surface area (Å²) in [5.74, 6) is -0.209. The number of phenolic OH excluding ortho intramolecular Hbond substituents is 2. The third-order valence-corrected chi connectivity index (χ3v) is 13.5. The Morgan fingerprint density at radius 3 is 2.22 bits per heavy atom. The van der Waals surface area contributed by atoms with Crippen molar-refractivity contribution in [1.29, 1.82) is 5.26 Å². The maximum Gasteiger partial charge on any atom is 0.246 e. The van der Waals surface area contributed by atoms with Crippen LogP contribution in [0.3, 0.4) is 0 Å². The van der Waals surface area contributed by atoms with Crippen LogP contribution in [0, 0.1) is 16.7 Å². The summed E-state index contributed by atoms with van der Waals surface area (Å²) in [6, 6.07) is 25.7. The number of hydrogen-bond donors (Lipinski definition) is 5. The van der Waals surface area contributed by atoms with Gasteiger partial charge >= 0.3 is 0 Å². The van der Waals surface area contributed by atoms with Crippen molar-refractivity contribution in [2.24, 2.45) is 5.41 Å². The molecule has 354 valence electrons. The van der Waals surface area contributed by atoms with E-state index < -0.39 is 29.5 Å². The van der Waals surface area contributed by atoms with Crippen LogP contribution in [0.4, 0.5) is 0 Å². The van der Waals surface area contributed by atoms with Crippen molar-refractivity contribution in [3.05, 3.63) is 113 Å². The number of benzene rings is 4. The van der Waals surface area contributed by atoms with Gasteiger partial charge in [0.2, 0.25) is 17.7 Å². The van der Waals surface area contributed by atoms with E-state index in [9.17, 15) is 34.5 Å². The van der Waals surface area contributed by atoms with Gasteiger partial charge in [0.15, 0.2) is 5.78 Å². The molecule has 2 heterocycles. The summed E-state index contributed by atoms with van der Waals surface area (Å²) in [5.41, 5.74) is 2.55. The first-order valence-corrected chi connectivity index (χ1v) is 24.0. The number of aliphatic hydroxyl groups is 1. The Balaban J connectivity index is 0.903. The fourth-order valence-electron chi connectivity index (χ4n) is 8.44. The number of likely N-dealkylation sites (N-methyl/N-ethyl adjacent to an activating group) is 1. The van der Waals surface area contributed by atoms with Crippen LogP contribution in [0.1, 0.15) is 113 Å². The Hall–Kier alpha value is -6.27. The number of thiophene rings is 1. The number of β-amino-alcohol motifs (C(OH)–C–C–N with tert-alkyl or cyclic N) is 1. The van der Waals surface area contributed by atoms with E-state index in [4.69, 9.17) is 10.00 Å². The van der Waals surface area contributed by atoms with Gasteiger partial charge in [0.1, 0.15) is 35.9 Å². The molecule has 1 aliphatic heterocycles.